The number of unbranched alkanes of at least 4 members (excludes halogenated alkanes) is 9. The van der Waals surface area contributed by atoms with Crippen molar-refractivity contribution in [3.8, 4) is 0 Å². The van der Waals surface area contributed by atoms with E-state index in [4.69, 9.17) is 5.73 Å². The number of rotatable bonds is 16. The second-order valence-corrected chi connectivity index (χ2v) is 7.08. The van der Waals surface area contributed by atoms with Gasteiger partial charge in [-0.3, -0.25) is 4.79 Å². The Hall–Kier alpha value is -0.530. The van der Waals surface area contributed by atoms with Gasteiger partial charge in [-0.15, -0.1) is 0 Å². The number of carbonyl (C=O) groups is 1. The van der Waals surface area contributed by atoms with Crippen molar-refractivity contribution in [2.45, 2.75) is 117 Å². The third kappa shape index (κ3) is 9.48. The van der Waals surface area contributed by atoms with Crippen molar-refractivity contribution in [2.75, 3.05) is 0 Å². The highest BCUT2D eigenvalue weighted by molar-refractivity contribution is 5.80. The van der Waals surface area contributed by atoms with E-state index in [1.807, 2.05) is 0 Å². The Balaban J connectivity index is 4.13. The van der Waals surface area contributed by atoms with E-state index in [9.17, 15) is 4.79 Å². The molecule has 0 spiro atoms. The summed E-state index contributed by atoms with van der Waals surface area (Å²) >= 11 is 0. The lowest BCUT2D eigenvalue weighted by Crippen LogP contribution is -2.37. The van der Waals surface area contributed by atoms with Gasteiger partial charge in [-0.25, -0.2) is 0 Å². The zero-order chi connectivity index (χ0) is 16.7. The van der Waals surface area contributed by atoms with Gasteiger partial charge in [-0.05, 0) is 19.3 Å². The summed E-state index contributed by atoms with van der Waals surface area (Å²) in [5.41, 5.74) is 5.60. The van der Waals surface area contributed by atoms with Gasteiger partial charge >= 0.3 is 0 Å². The van der Waals surface area contributed by atoms with Crippen molar-refractivity contribution in [3.63, 3.8) is 0 Å². The summed E-state index contributed by atoms with van der Waals surface area (Å²) in [7, 11) is 0. The summed E-state index contributed by atoms with van der Waals surface area (Å²) < 4.78 is 0. The first kappa shape index (κ1) is 21.5. The summed E-state index contributed by atoms with van der Waals surface area (Å²) in [6, 6.07) is 0. The first-order chi connectivity index (χ1) is 10.6. The predicted molar refractivity (Wildman–Crippen MR) is 97.9 cm³/mol. The Kier molecular flexibility index (Phi) is 13.7. The van der Waals surface area contributed by atoms with Crippen LogP contribution in [0.5, 0.6) is 0 Å². The summed E-state index contributed by atoms with van der Waals surface area (Å²) in [5.74, 6) is -0.0441. The van der Waals surface area contributed by atoms with Crippen LogP contribution in [0.2, 0.25) is 0 Å². The molecule has 0 aliphatic heterocycles. The van der Waals surface area contributed by atoms with Gasteiger partial charge in [0, 0.05) is 5.41 Å². The van der Waals surface area contributed by atoms with Crippen molar-refractivity contribution in [1.82, 2.24) is 0 Å². The van der Waals surface area contributed by atoms with Gasteiger partial charge in [0.15, 0.2) is 0 Å². The Morgan fingerprint density at radius 3 is 1.41 bits per heavy atom. The minimum Gasteiger partial charge on any atom is -0.369 e. The summed E-state index contributed by atoms with van der Waals surface area (Å²) in [6.45, 7) is 6.65. The highest BCUT2D eigenvalue weighted by Crippen LogP contribution is 2.36. The standard InChI is InChI=1S/C20H41NO/c1-4-7-10-11-12-13-14-15-18-20(19(21)22,16-8-5-2)17-9-6-3/h4-18H2,1-3H3,(H2,21,22). The summed E-state index contributed by atoms with van der Waals surface area (Å²) in [5, 5.41) is 0. The van der Waals surface area contributed by atoms with Gasteiger partial charge < -0.3 is 5.73 Å². The van der Waals surface area contributed by atoms with E-state index < -0.39 is 0 Å². The van der Waals surface area contributed by atoms with E-state index in [0.717, 1.165) is 44.9 Å². The van der Waals surface area contributed by atoms with Crippen molar-refractivity contribution in [1.29, 1.82) is 0 Å². The van der Waals surface area contributed by atoms with Crippen LogP contribution in [0, 0.1) is 5.41 Å². The molecule has 22 heavy (non-hydrogen) atoms. The molecule has 0 aliphatic carbocycles. The average molecular weight is 312 g/mol. The van der Waals surface area contributed by atoms with Crippen LogP contribution in [0.15, 0.2) is 0 Å². The van der Waals surface area contributed by atoms with Crippen LogP contribution < -0.4 is 5.73 Å². The van der Waals surface area contributed by atoms with E-state index in [-0.39, 0.29) is 11.3 Å². The maximum atomic E-state index is 12.1. The molecule has 2 nitrogen and oxygen atoms in total. The molecule has 0 atom stereocenters. The molecule has 1 amide bonds. The largest absolute Gasteiger partial charge is 0.369 e. The summed E-state index contributed by atoms with van der Waals surface area (Å²) in [6.07, 6.45) is 18.1. The fraction of sp³-hybridized carbons (Fsp3) is 0.950. The molecule has 2 heteroatoms. The van der Waals surface area contributed by atoms with Crippen LogP contribution in [0.4, 0.5) is 0 Å². The van der Waals surface area contributed by atoms with Gasteiger partial charge in [0.1, 0.15) is 0 Å². The maximum absolute atomic E-state index is 12.1. The highest BCUT2D eigenvalue weighted by atomic mass is 16.1. The monoisotopic (exact) mass is 311 g/mol. The van der Waals surface area contributed by atoms with E-state index in [1.165, 1.54) is 51.4 Å². The quantitative estimate of drug-likeness (QED) is 0.331. The van der Waals surface area contributed by atoms with Gasteiger partial charge in [-0.2, -0.15) is 0 Å². The zero-order valence-corrected chi connectivity index (χ0v) is 15.6. The van der Waals surface area contributed by atoms with Crippen LogP contribution in [0.25, 0.3) is 0 Å². The molecule has 0 aromatic rings. The molecule has 0 saturated carbocycles. The Bertz CT molecular complexity index is 254. The van der Waals surface area contributed by atoms with Crippen LogP contribution in [0.1, 0.15) is 117 Å². The lowest BCUT2D eigenvalue weighted by molar-refractivity contribution is -0.129. The maximum Gasteiger partial charge on any atom is 0.223 e. The average Bonchev–Trinajstić information content (AvgIpc) is 2.51. The topological polar surface area (TPSA) is 43.1 Å². The fourth-order valence-electron chi connectivity index (χ4n) is 3.37. The molecule has 132 valence electrons. The molecular weight excluding hydrogens is 270 g/mol. The lowest BCUT2D eigenvalue weighted by Gasteiger charge is -2.31. The number of amides is 1. The molecule has 0 aromatic heterocycles. The number of nitrogens with two attached hydrogens (primary N) is 1. The first-order valence-electron chi connectivity index (χ1n) is 9.92. The highest BCUT2D eigenvalue weighted by Gasteiger charge is 2.34. The molecule has 2 N–H and O–H groups in total. The van der Waals surface area contributed by atoms with Crippen molar-refractivity contribution in [3.05, 3.63) is 0 Å². The molecule has 0 aromatic carbocycles. The lowest BCUT2D eigenvalue weighted by atomic mass is 9.73. The summed E-state index contributed by atoms with van der Waals surface area (Å²) in [4.78, 5) is 12.1. The van der Waals surface area contributed by atoms with Gasteiger partial charge in [-0.1, -0.05) is 97.8 Å². The van der Waals surface area contributed by atoms with Gasteiger partial charge in [0.05, 0.1) is 0 Å². The van der Waals surface area contributed by atoms with Crippen LogP contribution in [-0.2, 0) is 4.79 Å². The van der Waals surface area contributed by atoms with E-state index in [2.05, 4.69) is 20.8 Å². The predicted octanol–water partition coefficient (Wildman–Crippen LogP) is 6.37. The SMILES string of the molecule is CCCCCCCCCCC(CCCC)(CCCC)C(N)=O. The van der Waals surface area contributed by atoms with Crippen LogP contribution >= 0.6 is 0 Å². The van der Waals surface area contributed by atoms with Crippen LogP contribution in [-0.4, -0.2) is 5.91 Å². The Morgan fingerprint density at radius 1 is 0.636 bits per heavy atom. The number of hydrogen-bond acceptors (Lipinski definition) is 1. The number of primary amides is 1. The van der Waals surface area contributed by atoms with Crippen molar-refractivity contribution in [2.24, 2.45) is 11.1 Å². The first-order valence-corrected chi connectivity index (χ1v) is 9.92. The Morgan fingerprint density at radius 2 is 1.00 bits per heavy atom. The molecule has 0 fully saturated rings. The molecule has 0 radical (unpaired) electrons. The van der Waals surface area contributed by atoms with E-state index >= 15 is 0 Å². The number of hydrogen-bond donors (Lipinski definition) is 1. The second kappa shape index (κ2) is 14.1. The normalized spacial score (nSPS) is 11.8. The second-order valence-electron chi connectivity index (χ2n) is 7.08. The zero-order valence-electron chi connectivity index (χ0n) is 15.6. The minimum atomic E-state index is -0.214. The van der Waals surface area contributed by atoms with Crippen molar-refractivity contribution < 1.29 is 4.79 Å². The third-order valence-electron chi connectivity index (χ3n) is 5.05. The molecule has 0 saturated heterocycles. The Labute approximate surface area is 139 Å². The molecule has 0 bridgehead atoms. The van der Waals surface area contributed by atoms with E-state index in [1.54, 1.807) is 0 Å². The third-order valence-corrected chi connectivity index (χ3v) is 5.05. The molecule has 0 heterocycles. The van der Waals surface area contributed by atoms with E-state index in [0.29, 0.717) is 0 Å². The minimum absolute atomic E-state index is 0.0441. The van der Waals surface area contributed by atoms with Crippen molar-refractivity contribution >= 4 is 5.91 Å². The molecule has 0 aliphatic rings. The molecular formula is C20H41NO. The molecule has 0 unspecified atom stereocenters. The van der Waals surface area contributed by atoms with Crippen LogP contribution in [0.3, 0.4) is 0 Å². The molecule has 0 rings (SSSR count). The van der Waals surface area contributed by atoms with Gasteiger partial charge in [0.25, 0.3) is 0 Å². The number of carbonyl (C=O) groups excluding carboxylic acids is 1. The smallest absolute Gasteiger partial charge is 0.223 e. The van der Waals surface area contributed by atoms with Gasteiger partial charge in [0.2, 0.25) is 5.91 Å². The fourth-order valence-corrected chi connectivity index (χ4v) is 3.37.